The van der Waals surface area contributed by atoms with Crippen molar-refractivity contribution in [3.63, 3.8) is 0 Å². The number of halogens is 3. The fourth-order valence-corrected chi connectivity index (χ4v) is 2.58. The summed E-state index contributed by atoms with van der Waals surface area (Å²) >= 11 is 0. The van der Waals surface area contributed by atoms with E-state index in [1.54, 1.807) is 0 Å². The summed E-state index contributed by atoms with van der Waals surface area (Å²) in [6.07, 6.45) is 0.522. The minimum absolute atomic E-state index is 0.0358. The first-order valence-corrected chi connectivity index (χ1v) is 7.65. The second-order valence-corrected chi connectivity index (χ2v) is 5.88. The van der Waals surface area contributed by atoms with Crippen LogP contribution in [0.1, 0.15) is 34.9 Å². The molecule has 1 N–H and O–H groups in total. The van der Waals surface area contributed by atoms with Gasteiger partial charge in [-0.25, -0.2) is 13.2 Å². The topological polar surface area (TPSA) is 40.5 Å². The second kappa shape index (κ2) is 6.65. The van der Waals surface area contributed by atoms with Crippen LogP contribution in [-0.4, -0.2) is 28.5 Å². The molecule has 1 unspecified atom stereocenters. The molecular weight excluding hydrogens is 319 g/mol. The zero-order valence-electron chi connectivity index (χ0n) is 12.8. The molecule has 6 heteroatoms. The summed E-state index contributed by atoms with van der Waals surface area (Å²) in [6, 6.07) is 8.04. The number of aliphatic hydroxyl groups is 1. The van der Waals surface area contributed by atoms with Crippen LogP contribution in [0.25, 0.3) is 0 Å². The summed E-state index contributed by atoms with van der Waals surface area (Å²) in [5.74, 6) is -2.69. The van der Waals surface area contributed by atoms with Gasteiger partial charge in [-0.15, -0.1) is 0 Å². The number of amides is 1. The van der Waals surface area contributed by atoms with E-state index in [9.17, 15) is 23.1 Å². The lowest BCUT2D eigenvalue weighted by atomic mass is 10.1. The van der Waals surface area contributed by atoms with Crippen molar-refractivity contribution in [3.05, 3.63) is 71.0 Å². The number of carbonyl (C=O) groups is 1. The van der Waals surface area contributed by atoms with Crippen LogP contribution in [0.15, 0.2) is 42.5 Å². The Bertz CT molecular complexity index is 744. The van der Waals surface area contributed by atoms with Crippen molar-refractivity contribution in [2.24, 2.45) is 0 Å². The Morgan fingerprint density at radius 3 is 2.29 bits per heavy atom. The average molecular weight is 335 g/mol. The molecule has 0 saturated heterocycles. The fraction of sp³-hybridized carbons (Fsp3) is 0.278. The van der Waals surface area contributed by atoms with Crippen molar-refractivity contribution in [2.75, 3.05) is 6.54 Å². The summed E-state index contributed by atoms with van der Waals surface area (Å²) in [6.45, 7) is -0.0358. The third kappa shape index (κ3) is 3.59. The van der Waals surface area contributed by atoms with Gasteiger partial charge in [0.05, 0.1) is 18.2 Å². The van der Waals surface area contributed by atoms with E-state index < -0.39 is 29.5 Å². The molecule has 126 valence electrons. The molecule has 3 rings (SSSR count). The van der Waals surface area contributed by atoms with Crippen molar-refractivity contribution in [1.29, 1.82) is 0 Å². The monoisotopic (exact) mass is 335 g/mol. The van der Waals surface area contributed by atoms with Gasteiger partial charge in [-0.3, -0.25) is 4.79 Å². The quantitative estimate of drug-likeness (QED) is 0.909. The Morgan fingerprint density at radius 1 is 1.08 bits per heavy atom. The van der Waals surface area contributed by atoms with E-state index in [1.165, 1.54) is 29.2 Å². The zero-order valence-corrected chi connectivity index (χ0v) is 12.8. The van der Waals surface area contributed by atoms with Crippen molar-refractivity contribution < 1.29 is 23.1 Å². The lowest BCUT2D eigenvalue weighted by Crippen LogP contribution is -2.37. The molecule has 0 heterocycles. The number of benzene rings is 2. The first-order chi connectivity index (χ1) is 11.5. The maximum absolute atomic E-state index is 13.9. The number of nitrogens with zero attached hydrogens (tertiary/aromatic N) is 1. The number of hydrogen-bond donors (Lipinski definition) is 1. The van der Waals surface area contributed by atoms with Crippen molar-refractivity contribution in [3.8, 4) is 0 Å². The van der Waals surface area contributed by atoms with Crippen LogP contribution in [0.2, 0.25) is 0 Å². The van der Waals surface area contributed by atoms with Gasteiger partial charge in [0.25, 0.3) is 5.91 Å². The molecule has 1 fully saturated rings. The van der Waals surface area contributed by atoms with Crippen LogP contribution in [-0.2, 0) is 0 Å². The highest BCUT2D eigenvalue weighted by Gasteiger charge is 2.35. The van der Waals surface area contributed by atoms with Crippen LogP contribution in [0, 0.1) is 17.5 Å². The largest absolute Gasteiger partial charge is 0.387 e. The van der Waals surface area contributed by atoms with Gasteiger partial charge in [-0.1, -0.05) is 12.1 Å². The molecule has 3 nitrogen and oxygen atoms in total. The minimum Gasteiger partial charge on any atom is -0.387 e. The summed E-state index contributed by atoms with van der Waals surface area (Å²) in [7, 11) is 0. The first-order valence-electron chi connectivity index (χ1n) is 7.65. The molecule has 0 bridgehead atoms. The maximum Gasteiger partial charge on any atom is 0.257 e. The van der Waals surface area contributed by atoms with Crippen LogP contribution in [0.3, 0.4) is 0 Å². The molecule has 0 aromatic heterocycles. The van der Waals surface area contributed by atoms with E-state index in [0.29, 0.717) is 11.6 Å². The molecule has 2 aromatic carbocycles. The predicted octanol–water partition coefficient (Wildman–Crippen LogP) is 3.44. The maximum atomic E-state index is 13.9. The summed E-state index contributed by atoms with van der Waals surface area (Å²) in [5.41, 5.74) is 0.240. The first kappa shape index (κ1) is 16.5. The normalized spacial score (nSPS) is 15.2. The van der Waals surface area contributed by atoms with E-state index in [4.69, 9.17) is 0 Å². The third-order valence-corrected chi connectivity index (χ3v) is 4.03. The van der Waals surface area contributed by atoms with E-state index in [1.807, 2.05) is 0 Å². The van der Waals surface area contributed by atoms with Gasteiger partial charge in [0, 0.05) is 12.1 Å². The third-order valence-electron chi connectivity index (χ3n) is 4.03. The van der Waals surface area contributed by atoms with Crippen LogP contribution in [0.4, 0.5) is 13.2 Å². The predicted molar refractivity (Wildman–Crippen MR) is 81.8 cm³/mol. The highest BCUT2D eigenvalue weighted by atomic mass is 19.1. The van der Waals surface area contributed by atoms with Crippen molar-refractivity contribution >= 4 is 5.91 Å². The van der Waals surface area contributed by atoms with Gasteiger partial charge < -0.3 is 10.0 Å². The molecule has 24 heavy (non-hydrogen) atoms. The second-order valence-electron chi connectivity index (χ2n) is 5.88. The average Bonchev–Trinajstić information content (AvgIpc) is 3.37. The van der Waals surface area contributed by atoms with E-state index in [2.05, 4.69) is 0 Å². The van der Waals surface area contributed by atoms with E-state index in [-0.39, 0.29) is 18.2 Å². The van der Waals surface area contributed by atoms with Crippen molar-refractivity contribution in [2.45, 2.75) is 25.0 Å². The number of aliphatic hydroxyl groups excluding tert-OH is 1. The molecule has 0 radical (unpaired) electrons. The van der Waals surface area contributed by atoms with E-state index >= 15 is 0 Å². The van der Waals surface area contributed by atoms with Crippen LogP contribution >= 0.6 is 0 Å². The molecule has 1 aliphatic carbocycles. The van der Waals surface area contributed by atoms with Gasteiger partial charge in [-0.05, 0) is 42.7 Å². The summed E-state index contributed by atoms with van der Waals surface area (Å²) in [4.78, 5) is 14.0. The van der Waals surface area contributed by atoms with Crippen LogP contribution < -0.4 is 0 Å². The Hall–Kier alpha value is -2.34. The molecule has 1 amide bonds. The Balaban J connectivity index is 1.79. The summed E-state index contributed by atoms with van der Waals surface area (Å²) < 4.78 is 39.8. The zero-order chi connectivity index (χ0) is 17.3. The standard InChI is InChI=1S/C18H16F3NO2/c19-12-3-1-11(2-4-12)17(23)10-22(14-6-7-14)18(24)15-8-5-13(20)9-16(15)21/h1-5,8-9,14,17,23H,6-7,10H2. The van der Waals surface area contributed by atoms with Gasteiger partial charge in [-0.2, -0.15) is 0 Å². The highest BCUT2D eigenvalue weighted by Crippen LogP contribution is 2.31. The van der Waals surface area contributed by atoms with Gasteiger partial charge in [0.2, 0.25) is 0 Å². The van der Waals surface area contributed by atoms with Crippen LogP contribution in [0.5, 0.6) is 0 Å². The number of rotatable bonds is 5. The lowest BCUT2D eigenvalue weighted by molar-refractivity contribution is 0.0598. The molecule has 1 atom stereocenters. The molecule has 1 saturated carbocycles. The van der Waals surface area contributed by atoms with Gasteiger partial charge >= 0.3 is 0 Å². The molecular formula is C18H16F3NO2. The molecule has 1 aliphatic rings. The molecule has 2 aromatic rings. The van der Waals surface area contributed by atoms with E-state index in [0.717, 1.165) is 25.0 Å². The summed E-state index contributed by atoms with van der Waals surface area (Å²) in [5, 5.41) is 10.3. The Kier molecular flexibility index (Phi) is 4.57. The molecule has 0 aliphatic heterocycles. The number of carbonyl (C=O) groups excluding carboxylic acids is 1. The van der Waals surface area contributed by atoms with Gasteiger partial charge in [0.15, 0.2) is 0 Å². The highest BCUT2D eigenvalue weighted by molar-refractivity contribution is 5.95. The number of hydrogen-bond acceptors (Lipinski definition) is 2. The Morgan fingerprint density at radius 2 is 1.71 bits per heavy atom. The minimum atomic E-state index is -1.02. The smallest absolute Gasteiger partial charge is 0.257 e. The Labute approximate surface area is 137 Å². The molecule has 0 spiro atoms. The SMILES string of the molecule is O=C(c1ccc(F)cc1F)N(CC(O)c1ccc(F)cc1)C1CC1. The fourth-order valence-electron chi connectivity index (χ4n) is 2.58. The lowest BCUT2D eigenvalue weighted by Gasteiger charge is -2.25. The van der Waals surface area contributed by atoms with Crippen molar-refractivity contribution in [1.82, 2.24) is 4.90 Å². The van der Waals surface area contributed by atoms with Gasteiger partial charge in [0.1, 0.15) is 17.5 Å².